The monoisotopic (exact) mass is 478 g/mol. The fraction of sp³-hybridized carbons (Fsp3) is 0.800. The van der Waals surface area contributed by atoms with E-state index >= 15 is 0 Å². The Morgan fingerprint density at radius 1 is 1.06 bits per heavy atom. The standard InChI is InChI=1S/C25H34O9/c1-24-8-7-12(26)9-11(24)3-4-13-14-5-6-16(25(14,2)10-15(27)17(13)24)33-23-20(30)18(28)19(29)21(34-23)22(31)32/h9,13-14,16-21,23,28-30H,3-8,10H2,1-2H3,(H,31,32)/t13-,14-,16-,17+,18-,19-,20+,21-,23+,24-,25-/m0/s1. The van der Waals surface area contributed by atoms with E-state index in [1.54, 1.807) is 6.08 Å². The van der Waals surface area contributed by atoms with Crippen molar-refractivity contribution < 1.29 is 44.3 Å². The molecular formula is C25H34O9. The largest absolute Gasteiger partial charge is 0.479 e. The van der Waals surface area contributed by atoms with Crippen molar-refractivity contribution >= 4 is 17.5 Å². The summed E-state index contributed by atoms with van der Waals surface area (Å²) in [6.45, 7) is 4.16. The molecule has 0 bridgehead atoms. The molecule has 11 atom stereocenters. The number of allylic oxidation sites excluding steroid dienone is 1. The average molecular weight is 479 g/mol. The van der Waals surface area contributed by atoms with E-state index in [-0.39, 0.29) is 34.7 Å². The first-order chi connectivity index (χ1) is 16.0. The Morgan fingerprint density at radius 2 is 1.79 bits per heavy atom. The van der Waals surface area contributed by atoms with Crippen molar-refractivity contribution in [2.24, 2.45) is 28.6 Å². The van der Waals surface area contributed by atoms with Gasteiger partial charge in [-0.1, -0.05) is 19.4 Å². The van der Waals surface area contributed by atoms with Crippen molar-refractivity contribution in [1.82, 2.24) is 0 Å². The van der Waals surface area contributed by atoms with E-state index in [4.69, 9.17) is 9.47 Å². The second-order valence-electron chi connectivity index (χ2n) is 11.4. The van der Waals surface area contributed by atoms with Gasteiger partial charge in [0, 0.05) is 24.2 Å². The lowest BCUT2D eigenvalue weighted by Crippen LogP contribution is -2.61. The number of rotatable bonds is 3. The second kappa shape index (κ2) is 8.20. The second-order valence-corrected chi connectivity index (χ2v) is 11.4. The Kier molecular flexibility index (Phi) is 5.80. The van der Waals surface area contributed by atoms with Crippen LogP contribution in [0, 0.1) is 28.6 Å². The Morgan fingerprint density at radius 3 is 2.50 bits per heavy atom. The van der Waals surface area contributed by atoms with Crippen LogP contribution in [0.25, 0.3) is 0 Å². The quantitative estimate of drug-likeness (QED) is 0.465. The summed E-state index contributed by atoms with van der Waals surface area (Å²) in [7, 11) is 0. The van der Waals surface area contributed by atoms with Crippen LogP contribution in [0.15, 0.2) is 11.6 Å². The number of aliphatic hydroxyl groups excluding tert-OH is 3. The van der Waals surface area contributed by atoms with Crippen molar-refractivity contribution in [1.29, 1.82) is 0 Å². The molecule has 188 valence electrons. The maximum Gasteiger partial charge on any atom is 0.335 e. The van der Waals surface area contributed by atoms with Crippen LogP contribution in [-0.4, -0.2) is 74.8 Å². The number of aliphatic hydroxyl groups is 3. The van der Waals surface area contributed by atoms with E-state index in [0.717, 1.165) is 24.8 Å². The zero-order chi connectivity index (χ0) is 24.6. The maximum absolute atomic E-state index is 13.7. The summed E-state index contributed by atoms with van der Waals surface area (Å²) in [5.41, 5.74) is 0.313. The van der Waals surface area contributed by atoms with Crippen molar-refractivity contribution in [3.8, 4) is 0 Å². The molecule has 3 saturated carbocycles. The van der Waals surface area contributed by atoms with E-state index < -0.39 is 48.2 Å². The molecule has 9 heteroatoms. The first-order valence-corrected chi connectivity index (χ1v) is 12.3. The lowest BCUT2D eigenvalue weighted by molar-refractivity contribution is -0.312. The highest BCUT2D eigenvalue weighted by Crippen LogP contribution is 2.64. The lowest BCUT2D eigenvalue weighted by atomic mass is 9.47. The van der Waals surface area contributed by atoms with Crippen LogP contribution in [0.3, 0.4) is 0 Å². The number of hydrogen-bond donors (Lipinski definition) is 4. The summed E-state index contributed by atoms with van der Waals surface area (Å²) < 4.78 is 11.4. The molecule has 4 fully saturated rings. The smallest absolute Gasteiger partial charge is 0.335 e. The molecule has 0 amide bonds. The summed E-state index contributed by atoms with van der Waals surface area (Å²) in [5, 5.41) is 39.8. The van der Waals surface area contributed by atoms with Crippen LogP contribution < -0.4 is 0 Å². The summed E-state index contributed by atoms with van der Waals surface area (Å²) in [6, 6.07) is 0. The molecule has 1 saturated heterocycles. The van der Waals surface area contributed by atoms with Gasteiger partial charge < -0.3 is 29.9 Å². The van der Waals surface area contributed by atoms with Crippen molar-refractivity contribution in [2.45, 2.75) is 95.6 Å². The molecule has 9 nitrogen and oxygen atoms in total. The molecule has 5 aliphatic rings. The number of fused-ring (bicyclic) bond motifs is 5. The number of carboxylic acids is 1. The van der Waals surface area contributed by atoms with Crippen LogP contribution >= 0.6 is 0 Å². The normalized spacial score (nSPS) is 50.7. The molecule has 1 heterocycles. The Labute approximate surface area is 198 Å². The Hall–Kier alpha value is -1.65. The van der Waals surface area contributed by atoms with Gasteiger partial charge >= 0.3 is 5.97 Å². The summed E-state index contributed by atoms with van der Waals surface area (Å²) in [6.07, 6.45) is -2.36. The molecule has 5 rings (SSSR count). The molecule has 4 aliphatic carbocycles. The van der Waals surface area contributed by atoms with Gasteiger partial charge in [-0.2, -0.15) is 0 Å². The number of hydrogen-bond acceptors (Lipinski definition) is 8. The zero-order valence-electron chi connectivity index (χ0n) is 19.6. The summed E-state index contributed by atoms with van der Waals surface area (Å²) >= 11 is 0. The van der Waals surface area contributed by atoms with Gasteiger partial charge in [0.1, 0.15) is 24.1 Å². The molecule has 1 aliphatic heterocycles. The van der Waals surface area contributed by atoms with E-state index in [1.807, 2.05) is 6.92 Å². The third kappa shape index (κ3) is 3.43. The first kappa shape index (κ1) is 24.1. The van der Waals surface area contributed by atoms with E-state index in [0.29, 0.717) is 25.7 Å². The maximum atomic E-state index is 13.7. The molecule has 0 spiro atoms. The molecule has 0 aromatic carbocycles. The highest BCUT2D eigenvalue weighted by atomic mass is 16.7. The number of carboxylic acid groups (broad SMARTS) is 1. The van der Waals surface area contributed by atoms with Crippen LogP contribution in [-0.2, 0) is 23.9 Å². The van der Waals surface area contributed by atoms with Crippen LogP contribution in [0.2, 0.25) is 0 Å². The molecule has 34 heavy (non-hydrogen) atoms. The lowest BCUT2D eigenvalue weighted by Gasteiger charge is -2.57. The molecule has 4 N–H and O–H groups in total. The Bertz CT molecular complexity index is 929. The number of aliphatic carboxylic acids is 1. The van der Waals surface area contributed by atoms with Gasteiger partial charge in [0.2, 0.25) is 0 Å². The molecule has 0 aromatic rings. The molecular weight excluding hydrogens is 444 g/mol. The van der Waals surface area contributed by atoms with Gasteiger partial charge in [-0.15, -0.1) is 0 Å². The molecule has 0 radical (unpaired) electrons. The van der Waals surface area contributed by atoms with E-state index in [1.165, 1.54) is 0 Å². The van der Waals surface area contributed by atoms with Crippen LogP contribution in [0.1, 0.15) is 58.8 Å². The predicted octanol–water partition coefficient (Wildman–Crippen LogP) is 0.975. The van der Waals surface area contributed by atoms with Crippen LogP contribution in [0.5, 0.6) is 0 Å². The SMILES string of the molecule is C[C@]12CC(=O)[C@H]3[C@@H](CCC4=CC(=O)CC[C@@]43C)[C@@H]1CC[C@@H]2O[C@@H]1O[C@H](C(=O)O)[C@@H](O)[C@H](O)[C@H]1O. The number of ketones is 2. The predicted molar refractivity (Wildman–Crippen MR) is 116 cm³/mol. The highest BCUT2D eigenvalue weighted by molar-refractivity contribution is 5.93. The minimum atomic E-state index is -1.77. The van der Waals surface area contributed by atoms with Crippen molar-refractivity contribution in [3.63, 3.8) is 0 Å². The highest BCUT2D eigenvalue weighted by Gasteiger charge is 2.63. The Balaban J connectivity index is 1.38. The van der Waals surface area contributed by atoms with Crippen molar-refractivity contribution in [2.75, 3.05) is 0 Å². The number of Topliss-reactive ketones (excluding diaryl/α,β-unsaturated/α-hetero) is 1. The van der Waals surface area contributed by atoms with Gasteiger partial charge in [0.05, 0.1) is 6.10 Å². The minimum absolute atomic E-state index is 0.123. The van der Waals surface area contributed by atoms with Gasteiger partial charge in [-0.3, -0.25) is 9.59 Å². The van der Waals surface area contributed by atoms with Gasteiger partial charge in [-0.05, 0) is 55.4 Å². The van der Waals surface area contributed by atoms with Crippen molar-refractivity contribution in [3.05, 3.63) is 11.6 Å². The van der Waals surface area contributed by atoms with E-state index in [9.17, 15) is 34.8 Å². The topological polar surface area (TPSA) is 151 Å². The van der Waals surface area contributed by atoms with Crippen LogP contribution in [0.4, 0.5) is 0 Å². The average Bonchev–Trinajstić information content (AvgIpc) is 3.09. The fourth-order valence-corrected chi connectivity index (χ4v) is 7.89. The number of ether oxygens (including phenoxy) is 2. The number of carbonyl (C=O) groups excluding carboxylic acids is 2. The first-order valence-electron chi connectivity index (χ1n) is 12.3. The molecule has 0 unspecified atom stereocenters. The zero-order valence-corrected chi connectivity index (χ0v) is 19.6. The fourth-order valence-electron chi connectivity index (χ4n) is 7.89. The molecule has 0 aromatic heterocycles. The third-order valence-electron chi connectivity index (χ3n) is 9.67. The minimum Gasteiger partial charge on any atom is -0.479 e. The third-order valence-corrected chi connectivity index (χ3v) is 9.67. The summed E-state index contributed by atoms with van der Waals surface area (Å²) in [5.74, 6) is -0.878. The summed E-state index contributed by atoms with van der Waals surface area (Å²) in [4.78, 5) is 37.1. The van der Waals surface area contributed by atoms with Gasteiger partial charge in [0.25, 0.3) is 0 Å². The van der Waals surface area contributed by atoms with Gasteiger partial charge in [0.15, 0.2) is 18.2 Å². The van der Waals surface area contributed by atoms with E-state index in [2.05, 4.69) is 6.92 Å². The number of carbonyl (C=O) groups is 3. The van der Waals surface area contributed by atoms with Gasteiger partial charge in [-0.25, -0.2) is 4.79 Å².